The molecular weight excluding hydrogens is 248 g/mol. The second-order valence-corrected chi connectivity index (χ2v) is 4.66. The van der Waals surface area contributed by atoms with Crippen molar-refractivity contribution in [3.63, 3.8) is 0 Å². The molecule has 0 spiro atoms. The van der Waals surface area contributed by atoms with E-state index in [-0.39, 0.29) is 30.5 Å². The van der Waals surface area contributed by atoms with Gasteiger partial charge >= 0.3 is 0 Å². The van der Waals surface area contributed by atoms with Crippen LogP contribution in [-0.4, -0.2) is 55.2 Å². The number of likely N-dealkylation sites (tertiary alicyclic amines) is 1. The third-order valence-corrected chi connectivity index (χ3v) is 3.40. The Kier molecular flexibility index (Phi) is 8.18. The number of thioether (sulfide) groups is 1. The topological polar surface area (TPSA) is 55.6 Å². The van der Waals surface area contributed by atoms with Crippen LogP contribution in [0.2, 0.25) is 0 Å². The minimum Gasteiger partial charge on any atom is -0.381 e. The van der Waals surface area contributed by atoms with E-state index in [9.17, 15) is 4.79 Å². The molecule has 1 amide bonds. The van der Waals surface area contributed by atoms with Crippen LogP contribution in [-0.2, 0) is 9.53 Å². The van der Waals surface area contributed by atoms with Crippen LogP contribution in [0.1, 0.15) is 12.8 Å². The quantitative estimate of drug-likeness (QED) is 0.817. The fourth-order valence-corrected chi connectivity index (χ4v) is 2.40. The number of nitrogens with zero attached hydrogens (tertiary/aromatic N) is 1. The van der Waals surface area contributed by atoms with Gasteiger partial charge in [0.25, 0.3) is 0 Å². The number of carbonyl (C=O) groups is 1. The maximum atomic E-state index is 11.8. The molecular formula is C10H21ClN2O2S. The van der Waals surface area contributed by atoms with Crippen LogP contribution in [0, 0.1) is 0 Å². The Morgan fingerprint density at radius 1 is 1.62 bits per heavy atom. The van der Waals surface area contributed by atoms with Gasteiger partial charge in [0.05, 0.1) is 11.9 Å². The van der Waals surface area contributed by atoms with Crippen molar-refractivity contribution < 1.29 is 9.53 Å². The van der Waals surface area contributed by atoms with E-state index in [1.54, 1.807) is 18.9 Å². The van der Waals surface area contributed by atoms with Gasteiger partial charge in [0.15, 0.2) is 0 Å². The van der Waals surface area contributed by atoms with Crippen LogP contribution >= 0.6 is 24.2 Å². The van der Waals surface area contributed by atoms with E-state index in [2.05, 4.69) is 0 Å². The molecule has 0 saturated carbocycles. The summed E-state index contributed by atoms with van der Waals surface area (Å²) in [6.07, 6.45) is 3.99. The van der Waals surface area contributed by atoms with Crippen LogP contribution in [0.3, 0.4) is 0 Å². The molecule has 1 saturated heterocycles. The molecule has 16 heavy (non-hydrogen) atoms. The number of methoxy groups -OCH3 is 1. The molecule has 96 valence electrons. The Morgan fingerprint density at radius 3 is 2.81 bits per heavy atom. The number of halogens is 1. The number of hydrogen-bond acceptors (Lipinski definition) is 4. The SMILES string of the molecule is COC1CCN(C(=O)CSC)C(CN)C1.Cl. The van der Waals surface area contributed by atoms with Gasteiger partial charge in [-0.1, -0.05) is 0 Å². The highest BCUT2D eigenvalue weighted by Gasteiger charge is 2.30. The first-order valence-electron chi connectivity index (χ1n) is 5.24. The summed E-state index contributed by atoms with van der Waals surface area (Å²) in [5.41, 5.74) is 5.69. The highest BCUT2D eigenvalue weighted by Crippen LogP contribution is 2.19. The van der Waals surface area contributed by atoms with Crippen molar-refractivity contribution in [1.82, 2.24) is 4.90 Å². The Labute approximate surface area is 108 Å². The van der Waals surface area contributed by atoms with Gasteiger partial charge in [0, 0.05) is 26.2 Å². The maximum Gasteiger partial charge on any atom is 0.232 e. The fraction of sp³-hybridized carbons (Fsp3) is 0.900. The summed E-state index contributed by atoms with van der Waals surface area (Å²) in [6, 6.07) is 0.156. The molecule has 0 aromatic carbocycles. The number of hydrogen-bond donors (Lipinski definition) is 1. The van der Waals surface area contributed by atoms with Gasteiger partial charge in [0.2, 0.25) is 5.91 Å². The zero-order chi connectivity index (χ0) is 11.3. The zero-order valence-electron chi connectivity index (χ0n) is 9.85. The molecule has 1 aliphatic rings. The smallest absolute Gasteiger partial charge is 0.232 e. The Morgan fingerprint density at radius 2 is 2.31 bits per heavy atom. The van der Waals surface area contributed by atoms with Gasteiger partial charge < -0.3 is 15.4 Å². The van der Waals surface area contributed by atoms with E-state index < -0.39 is 0 Å². The second-order valence-electron chi connectivity index (χ2n) is 3.79. The van der Waals surface area contributed by atoms with Crippen LogP contribution in [0.4, 0.5) is 0 Å². The van der Waals surface area contributed by atoms with Gasteiger partial charge in [-0.25, -0.2) is 0 Å². The molecule has 6 heteroatoms. The average molecular weight is 269 g/mol. The Hall–Kier alpha value is 0.0300. The average Bonchev–Trinajstić information content (AvgIpc) is 2.28. The molecule has 1 fully saturated rings. The number of amides is 1. The van der Waals surface area contributed by atoms with Crippen LogP contribution in [0.5, 0.6) is 0 Å². The standard InChI is InChI=1S/C10H20N2O2S.ClH/c1-14-9-3-4-12(8(5-9)6-11)10(13)7-15-2;/h8-9H,3-7,11H2,1-2H3;1H. The van der Waals surface area contributed by atoms with Crippen LogP contribution in [0.15, 0.2) is 0 Å². The fourth-order valence-electron chi connectivity index (χ4n) is 1.99. The third kappa shape index (κ3) is 4.13. The maximum absolute atomic E-state index is 11.8. The Bertz CT molecular complexity index is 219. The van der Waals surface area contributed by atoms with E-state index in [1.165, 1.54) is 0 Å². The first-order valence-corrected chi connectivity index (χ1v) is 6.63. The number of ether oxygens (including phenoxy) is 1. The van der Waals surface area contributed by atoms with Crippen molar-refractivity contribution in [2.75, 3.05) is 32.2 Å². The molecule has 1 rings (SSSR count). The highest BCUT2D eigenvalue weighted by molar-refractivity contribution is 7.99. The summed E-state index contributed by atoms with van der Waals surface area (Å²) in [5.74, 6) is 0.751. The lowest BCUT2D eigenvalue weighted by Crippen LogP contribution is -2.51. The van der Waals surface area contributed by atoms with Crippen LogP contribution in [0.25, 0.3) is 0 Å². The number of piperidine rings is 1. The minimum absolute atomic E-state index is 0. The molecule has 0 aliphatic carbocycles. The third-order valence-electron chi connectivity index (χ3n) is 2.86. The van der Waals surface area contributed by atoms with E-state index in [4.69, 9.17) is 10.5 Å². The van der Waals surface area contributed by atoms with Crippen molar-refractivity contribution in [3.05, 3.63) is 0 Å². The second kappa shape index (κ2) is 8.17. The predicted molar refractivity (Wildman–Crippen MR) is 70.2 cm³/mol. The van der Waals surface area contributed by atoms with Crippen molar-refractivity contribution in [2.24, 2.45) is 5.73 Å². The van der Waals surface area contributed by atoms with Gasteiger partial charge in [0.1, 0.15) is 0 Å². The van der Waals surface area contributed by atoms with Crippen molar-refractivity contribution in [1.29, 1.82) is 0 Å². The van der Waals surface area contributed by atoms with Gasteiger partial charge in [-0.3, -0.25) is 4.79 Å². The van der Waals surface area contributed by atoms with Crippen molar-refractivity contribution >= 4 is 30.1 Å². The summed E-state index contributed by atoms with van der Waals surface area (Å²) >= 11 is 1.56. The Balaban J connectivity index is 0.00000225. The van der Waals surface area contributed by atoms with E-state index in [1.807, 2.05) is 11.2 Å². The zero-order valence-corrected chi connectivity index (χ0v) is 11.5. The summed E-state index contributed by atoms with van der Waals surface area (Å²) in [7, 11) is 1.72. The molecule has 0 aromatic heterocycles. The van der Waals surface area contributed by atoms with Crippen molar-refractivity contribution in [2.45, 2.75) is 25.0 Å². The lowest BCUT2D eigenvalue weighted by Gasteiger charge is -2.38. The summed E-state index contributed by atoms with van der Waals surface area (Å²) in [4.78, 5) is 13.7. The summed E-state index contributed by atoms with van der Waals surface area (Å²) < 4.78 is 5.31. The van der Waals surface area contributed by atoms with Gasteiger partial charge in [-0.2, -0.15) is 11.8 Å². The molecule has 2 atom stereocenters. The molecule has 1 aliphatic heterocycles. The van der Waals surface area contributed by atoms with Gasteiger partial charge in [-0.05, 0) is 19.1 Å². The molecule has 1 heterocycles. The molecule has 0 aromatic rings. The normalized spacial score (nSPS) is 25.1. The van der Waals surface area contributed by atoms with Gasteiger partial charge in [-0.15, -0.1) is 12.4 Å². The predicted octanol–water partition coefficient (Wildman–Crippen LogP) is 0.736. The molecule has 0 radical (unpaired) electrons. The summed E-state index contributed by atoms with van der Waals surface area (Å²) in [5, 5.41) is 0. The van der Waals surface area contributed by atoms with Crippen molar-refractivity contribution in [3.8, 4) is 0 Å². The monoisotopic (exact) mass is 268 g/mol. The minimum atomic E-state index is 0. The molecule has 0 bridgehead atoms. The lowest BCUT2D eigenvalue weighted by molar-refractivity contribution is -0.133. The first-order chi connectivity index (χ1) is 7.22. The number of nitrogens with two attached hydrogens (primary N) is 1. The van der Waals surface area contributed by atoms with E-state index in [0.717, 1.165) is 19.4 Å². The molecule has 2 N–H and O–H groups in total. The molecule has 4 nitrogen and oxygen atoms in total. The largest absolute Gasteiger partial charge is 0.381 e. The van der Waals surface area contributed by atoms with E-state index >= 15 is 0 Å². The van der Waals surface area contributed by atoms with Crippen LogP contribution < -0.4 is 5.73 Å². The lowest BCUT2D eigenvalue weighted by atomic mass is 9.99. The van der Waals surface area contributed by atoms with E-state index in [0.29, 0.717) is 12.3 Å². The first kappa shape index (κ1) is 16.0. The number of carbonyl (C=O) groups excluding carboxylic acids is 1. The molecule has 2 unspecified atom stereocenters. The summed E-state index contributed by atoms with van der Waals surface area (Å²) in [6.45, 7) is 1.31. The number of rotatable bonds is 4. The highest BCUT2D eigenvalue weighted by atomic mass is 35.5.